The summed E-state index contributed by atoms with van der Waals surface area (Å²) in [5.74, 6) is -1.95. The van der Waals surface area contributed by atoms with Crippen LogP contribution >= 0.6 is 11.6 Å². The third-order valence-electron chi connectivity index (χ3n) is 3.00. The number of nitrogens with zero attached hydrogens (tertiary/aromatic N) is 1. The Bertz CT molecular complexity index is 570. The summed E-state index contributed by atoms with van der Waals surface area (Å²) in [6.07, 6.45) is -3.40. The minimum Gasteiger partial charge on any atom is -0.334 e. The van der Waals surface area contributed by atoms with Gasteiger partial charge in [0.1, 0.15) is 0 Å². The summed E-state index contributed by atoms with van der Waals surface area (Å²) in [6.45, 7) is 4.42. The van der Waals surface area contributed by atoms with Gasteiger partial charge in [0.05, 0.1) is 11.3 Å². The van der Waals surface area contributed by atoms with E-state index in [0.717, 1.165) is 6.07 Å². The van der Waals surface area contributed by atoms with Gasteiger partial charge in [-0.15, -0.1) is 0 Å². The zero-order valence-electron chi connectivity index (χ0n) is 12.8. The standard InChI is InChI=1S/C15H18ClF3N2O2/c1-3-7-21(8-4-2)14(23)13(22)20-12-6-5-10(16)9-11(12)15(17,18)19/h5-6,9H,3-4,7-8H2,1-2H3,(H,20,22). The molecule has 0 unspecified atom stereocenters. The maximum absolute atomic E-state index is 13.0. The van der Waals surface area contributed by atoms with Crippen LogP contribution in [-0.4, -0.2) is 29.8 Å². The number of amides is 2. The van der Waals surface area contributed by atoms with Crippen LogP contribution in [0.1, 0.15) is 32.3 Å². The van der Waals surface area contributed by atoms with Crippen LogP contribution in [-0.2, 0) is 15.8 Å². The lowest BCUT2D eigenvalue weighted by atomic mass is 10.1. The van der Waals surface area contributed by atoms with Crippen molar-refractivity contribution in [1.82, 2.24) is 4.90 Å². The number of hydrogen-bond acceptors (Lipinski definition) is 2. The highest BCUT2D eigenvalue weighted by Gasteiger charge is 2.35. The number of nitrogens with one attached hydrogen (secondary N) is 1. The summed E-state index contributed by atoms with van der Waals surface area (Å²) < 4.78 is 38.9. The van der Waals surface area contributed by atoms with E-state index in [4.69, 9.17) is 11.6 Å². The maximum atomic E-state index is 13.0. The van der Waals surface area contributed by atoms with Crippen LogP contribution in [0.4, 0.5) is 18.9 Å². The second-order valence-electron chi connectivity index (χ2n) is 4.93. The van der Waals surface area contributed by atoms with E-state index in [1.54, 1.807) is 0 Å². The number of benzene rings is 1. The largest absolute Gasteiger partial charge is 0.418 e. The van der Waals surface area contributed by atoms with Gasteiger partial charge in [-0.3, -0.25) is 9.59 Å². The predicted octanol–water partition coefficient (Wildman–Crippen LogP) is 3.95. The van der Waals surface area contributed by atoms with E-state index >= 15 is 0 Å². The molecule has 1 aromatic rings. The SMILES string of the molecule is CCCN(CCC)C(=O)C(=O)Nc1ccc(Cl)cc1C(F)(F)F. The Labute approximate surface area is 137 Å². The lowest BCUT2D eigenvalue weighted by molar-refractivity contribution is -0.143. The molecule has 23 heavy (non-hydrogen) atoms. The van der Waals surface area contributed by atoms with Crippen LogP contribution in [0.5, 0.6) is 0 Å². The summed E-state index contributed by atoms with van der Waals surface area (Å²) >= 11 is 5.57. The molecule has 1 rings (SSSR count). The lowest BCUT2D eigenvalue weighted by Gasteiger charge is -2.21. The highest BCUT2D eigenvalue weighted by molar-refractivity contribution is 6.39. The first-order chi connectivity index (χ1) is 10.7. The van der Waals surface area contributed by atoms with Crippen molar-refractivity contribution < 1.29 is 22.8 Å². The Morgan fingerprint density at radius 2 is 1.74 bits per heavy atom. The van der Waals surface area contributed by atoms with Crippen molar-refractivity contribution in [2.45, 2.75) is 32.9 Å². The molecule has 1 N–H and O–H groups in total. The van der Waals surface area contributed by atoms with Crippen molar-refractivity contribution in [3.63, 3.8) is 0 Å². The van der Waals surface area contributed by atoms with E-state index in [0.29, 0.717) is 32.0 Å². The first-order valence-electron chi connectivity index (χ1n) is 7.17. The molecule has 4 nitrogen and oxygen atoms in total. The quantitative estimate of drug-likeness (QED) is 0.817. The molecule has 1 aromatic carbocycles. The van der Waals surface area contributed by atoms with Gasteiger partial charge in [-0.05, 0) is 31.0 Å². The smallest absolute Gasteiger partial charge is 0.334 e. The molecule has 128 valence electrons. The van der Waals surface area contributed by atoms with E-state index in [2.05, 4.69) is 0 Å². The summed E-state index contributed by atoms with van der Waals surface area (Å²) in [5.41, 5.74) is -1.59. The average Bonchev–Trinajstić information content (AvgIpc) is 2.47. The topological polar surface area (TPSA) is 49.4 Å². The molecular formula is C15H18ClF3N2O2. The molecule has 0 aliphatic carbocycles. The Morgan fingerprint density at radius 1 is 1.17 bits per heavy atom. The van der Waals surface area contributed by atoms with E-state index < -0.39 is 29.2 Å². The van der Waals surface area contributed by atoms with Crippen molar-refractivity contribution in [1.29, 1.82) is 0 Å². The minimum atomic E-state index is -4.69. The van der Waals surface area contributed by atoms with Crippen molar-refractivity contribution in [2.75, 3.05) is 18.4 Å². The second kappa shape index (κ2) is 8.19. The number of halogens is 4. The summed E-state index contributed by atoms with van der Waals surface area (Å²) in [6, 6.07) is 2.95. The Kier molecular flexibility index (Phi) is 6.87. The first-order valence-corrected chi connectivity index (χ1v) is 7.55. The average molecular weight is 351 g/mol. The number of hydrogen-bond donors (Lipinski definition) is 1. The van der Waals surface area contributed by atoms with Gasteiger partial charge in [0, 0.05) is 18.1 Å². The van der Waals surface area contributed by atoms with Gasteiger partial charge in [-0.25, -0.2) is 0 Å². The number of alkyl halides is 3. The molecule has 0 saturated heterocycles. The highest BCUT2D eigenvalue weighted by Crippen LogP contribution is 2.36. The zero-order valence-corrected chi connectivity index (χ0v) is 13.6. The second-order valence-corrected chi connectivity index (χ2v) is 5.37. The fourth-order valence-corrected chi connectivity index (χ4v) is 2.21. The monoisotopic (exact) mass is 350 g/mol. The summed E-state index contributed by atoms with van der Waals surface area (Å²) in [7, 11) is 0. The van der Waals surface area contributed by atoms with E-state index in [1.165, 1.54) is 11.0 Å². The Morgan fingerprint density at radius 3 is 2.22 bits per heavy atom. The van der Waals surface area contributed by atoms with Gasteiger partial charge in [-0.1, -0.05) is 25.4 Å². The molecule has 0 saturated carbocycles. The Hall–Kier alpha value is -1.76. The molecule has 2 amide bonds. The third-order valence-corrected chi connectivity index (χ3v) is 3.24. The third kappa shape index (κ3) is 5.42. The lowest BCUT2D eigenvalue weighted by Crippen LogP contribution is -2.40. The van der Waals surface area contributed by atoms with Gasteiger partial charge >= 0.3 is 18.0 Å². The van der Waals surface area contributed by atoms with Crippen molar-refractivity contribution in [3.05, 3.63) is 28.8 Å². The Balaban J connectivity index is 2.99. The van der Waals surface area contributed by atoms with Gasteiger partial charge < -0.3 is 10.2 Å². The summed E-state index contributed by atoms with van der Waals surface area (Å²) in [5, 5.41) is 1.92. The van der Waals surface area contributed by atoms with Gasteiger partial charge in [0.25, 0.3) is 0 Å². The number of rotatable bonds is 5. The van der Waals surface area contributed by atoms with Crippen LogP contribution in [0.25, 0.3) is 0 Å². The molecule has 0 fully saturated rings. The first kappa shape index (κ1) is 19.3. The van der Waals surface area contributed by atoms with Crippen molar-refractivity contribution >= 4 is 29.1 Å². The van der Waals surface area contributed by atoms with E-state index in [-0.39, 0.29) is 5.02 Å². The van der Waals surface area contributed by atoms with Crippen molar-refractivity contribution in [2.24, 2.45) is 0 Å². The van der Waals surface area contributed by atoms with Crippen LogP contribution in [0.2, 0.25) is 5.02 Å². The van der Waals surface area contributed by atoms with Crippen LogP contribution in [0, 0.1) is 0 Å². The molecular weight excluding hydrogens is 333 g/mol. The molecule has 0 aromatic heterocycles. The normalized spacial score (nSPS) is 11.2. The van der Waals surface area contributed by atoms with E-state index in [9.17, 15) is 22.8 Å². The van der Waals surface area contributed by atoms with E-state index in [1.807, 2.05) is 19.2 Å². The highest BCUT2D eigenvalue weighted by atomic mass is 35.5. The molecule has 0 atom stereocenters. The fourth-order valence-electron chi connectivity index (χ4n) is 2.03. The van der Waals surface area contributed by atoms with Crippen molar-refractivity contribution in [3.8, 4) is 0 Å². The van der Waals surface area contributed by atoms with Gasteiger partial charge in [0.2, 0.25) is 0 Å². The van der Waals surface area contributed by atoms with Gasteiger partial charge in [0.15, 0.2) is 0 Å². The molecule has 0 aliphatic rings. The zero-order chi connectivity index (χ0) is 17.6. The molecule has 0 bridgehead atoms. The van der Waals surface area contributed by atoms with Crippen LogP contribution < -0.4 is 5.32 Å². The molecule has 0 radical (unpaired) electrons. The van der Waals surface area contributed by atoms with Crippen LogP contribution in [0.15, 0.2) is 18.2 Å². The maximum Gasteiger partial charge on any atom is 0.418 e. The summed E-state index contributed by atoms with van der Waals surface area (Å²) in [4.78, 5) is 25.3. The number of carbonyl (C=O) groups excluding carboxylic acids is 2. The van der Waals surface area contributed by atoms with Gasteiger partial charge in [-0.2, -0.15) is 13.2 Å². The number of anilines is 1. The van der Waals surface area contributed by atoms with Crippen LogP contribution in [0.3, 0.4) is 0 Å². The minimum absolute atomic E-state index is 0.111. The molecule has 0 aliphatic heterocycles. The number of carbonyl (C=O) groups is 2. The molecule has 8 heteroatoms. The predicted molar refractivity (Wildman–Crippen MR) is 82.2 cm³/mol. The fraction of sp³-hybridized carbons (Fsp3) is 0.467. The molecule has 0 spiro atoms. The molecule has 0 heterocycles.